The van der Waals surface area contributed by atoms with Crippen LogP contribution in [-0.2, 0) is 43.9 Å². The van der Waals surface area contributed by atoms with Crippen LogP contribution in [0.5, 0.6) is 0 Å². The van der Waals surface area contributed by atoms with Crippen LogP contribution in [-0.4, -0.2) is 83.9 Å². The molecule has 0 aliphatic carbocycles. The molecular weight excluding hydrogens is 498 g/mol. The molecule has 0 atom stereocenters. The van der Waals surface area contributed by atoms with E-state index in [4.69, 9.17) is 0 Å². The van der Waals surface area contributed by atoms with Crippen LogP contribution >= 0.6 is 0 Å². The molecule has 15 heteroatoms. The summed E-state index contributed by atoms with van der Waals surface area (Å²) in [6, 6.07) is 0. The highest BCUT2D eigenvalue weighted by molar-refractivity contribution is 7.94. The number of nitrogens with one attached hydrogen (secondary N) is 2. The zero-order chi connectivity index (χ0) is 25.5. The summed E-state index contributed by atoms with van der Waals surface area (Å²) in [5, 5.41) is 7.23. The molecule has 1 amide bonds. The number of sulfone groups is 3. The van der Waals surface area contributed by atoms with E-state index in [0.29, 0.717) is 16.2 Å². The normalized spacial score (nSPS) is 16.5. The van der Waals surface area contributed by atoms with Crippen molar-refractivity contribution >= 4 is 47.0 Å². The van der Waals surface area contributed by atoms with E-state index in [9.17, 15) is 39.6 Å². The predicted octanol–water partition coefficient (Wildman–Crippen LogP) is -1.40. The lowest BCUT2D eigenvalue weighted by atomic mass is 9.92. The molecule has 0 saturated carbocycles. The summed E-state index contributed by atoms with van der Waals surface area (Å²) in [5.74, 6) is -4.92. The highest BCUT2D eigenvalue weighted by Gasteiger charge is 2.52. The summed E-state index contributed by atoms with van der Waals surface area (Å²) < 4.78 is 70.5. The molecule has 0 bridgehead atoms. The Labute approximate surface area is 193 Å². The Morgan fingerprint density at radius 2 is 1.15 bits per heavy atom. The first-order valence-electron chi connectivity index (χ1n) is 9.55. The Kier molecular flexibility index (Phi) is 9.86. The number of carbonyl (C=O) groups excluding carboxylic acids is 3. The van der Waals surface area contributed by atoms with Crippen molar-refractivity contribution in [2.75, 3.05) is 30.6 Å². The molecule has 0 aromatic heterocycles. The smallest absolute Gasteiger partial charge is 0.226 e. The second-order valence-corrected chi connectivity index (χ2v) is 13.2. The van der Waals surface area contributed by atoms with Gasteiger partial charge in [0.15, 0.2) is 41.1 Å². The summed E-state index contributed by atoms with van der Waals surface area (Å²) in [6.45, 7) is 8.94. The maximum atomic E-state index is 13.2. The summed E-state index contributed by atoms with van der Waals surface area (Å²) in [5.41, 5.74) is -2.38. The van der Waals surface area contributed by atoms with Crippen molar-refractivity contribution in [3.05, 3.63) is 36.0 Å². The van der Waals surface area contributed by atoms with Gasteiger partial charge in [-0.15, -0.1) is 0 Å². The van der Waals surface area contributed by atoms with E-state index in [2.05, 4.69) is 30.4 Å². The minimum absolute atomic E-state index is 0.144. The third-order valence-corrected chi connectivity index (χ3v) is 8.68. The van der Waals surface area contributed by atoms with E-state index in [1.54, 1.807) is 0 Å². The Balaban J connectivity index is 3.38. The second-order valence-electron chi connectivity index (χ2n) is 6.99. The highest BCUT2D eigenvalue weighted by atomic mass is 32.2. The Morgan fingerprint density at radius 1 is 0.758 bits per heavy atom. The Hall–Kier alpha value is -2.20. The molecule has 1 saturated heterocycles. The largest absolute Gasteiger partial charge is 0.298 e. The van der Waals surface area contributed by atoms with Crippen LogP contribution < -0.4 is 10.6 Å². The van der Waals surface area contributed by atoms with Crippen LogP contribution in [0.3, 0.4) is 0 Å². The molecule has 186 valence electrons. The second kappa shape index (κ2) is 11.3. The fourth-order valence-corrected chi connectivity index (χ4v) is 4.85. The molecule has 1 aliphatic heterocycles. The first kappa shape index (κ1) is 28.8. The zero-order valence-electron chi connectivity index (χ0n) is 17.9. The molecular formula is C18H27N3O9S3. The van der Waals surface area contributed by atoms with Gasteiger partial charge in [-0.3, -0.25) is 29.9 Å². The summed E-state index contributed by atoms with van der Waals surface area (Å²) >= 11 is 0. The van der Waals surface area contributed by atoms with Crippen molar-refractivity contribution in [3.63, 3.8) is 0 Å². The molecule has 0 aromatic carbocycles. The Bertz CT molecular complexity index is 1090. The van der Waals surface area contributed by atoms with E-state index in [0.717, 1.165) is 4.90 Å². The average molecular weight is 526 g/mol. The van der Waals surface area contributed by atoms with Gasteiger partial charge < -0.3 is 0 Å². The standard InChI is InChI=1S/C18H27N3O9S3/c1-4-31(25,26)10-7-15(22)18(16(23)8-11-32(27,28)5-2)20-13-19-14-21(18)17(24)9-12-33(29,30)6-3/h4-6,19-20H,1-3,7-14H2. The quantitative estimate of drug-likeness (QED) is 0.255. The van der Waals surface area contributed by atoms with Gasteiger partial charge in [0, 0.05) is 42.2 Å². The molecule has 1 fully saturated rings. The molecule has 0 unspecified atom stereocenters. The SMILES string of the molecule is C=CS(=O)(=O)CCC(=O)N1CNCNC1(C(=O)CCS(=O)(=O)C=C)C(=O)CCS(=O)(=O)C=C. The third kappa shape index (κ3) is 7.67. The minimum atomic E-state index is -3.83. The van der Waals surface area contributed by atoms with Crippen molar-refractivity contribution in [2.45, 2.75) is 24.9 Å². The van der Waals surface area contributed by atoms with Crippen LogP contribution in [0.1, 0.15) is 19.3 Å². The number of nitrogens with zero attached hydrogens (tertiary/aromatic N) is 1. The van der Waals surface area contributed by atoms with Gasteiger partial charge in [-0.05, 0) is 0 Å². The molecule has 1 heterocycles. The van der Waals surface area contributed by atoms with Gasteiger partial charge in [-0.25, -0.2) is 25.3 Å². The van der Waals surface area contributed by atoms with Gasteiger partial charge in [-0.1, -0.05) is 19.7 Å². The number of carbonyl (C=O) groups is 3. The lowest BCUT2D eigenvalue weighted by Crippen LogP contribution is -2.76. The van der Waals surface area contributed by atoms with Crippen molar-refractivity contribution in [1.82, 2.24) is 15.5 Å². The van der Waals surface area contributed by atoms with Gasteiger partial charge in [-0.2, -0.15) is 0 Å². The van der Waals surface area contributed by atoms with Crippen LogP contribution in [0, 0.1) is 0 Å². The number of ketones is 2. The average Bonchev–Trinajstić information content (AvgIpc) is 2.79. The lowest BCUT2D eigenvalue weighted by Gasteiger charge is -2.45. The minimum Gasteiger partial charge on any atom is -0.298 e. The summed E-state index contributed by atoms with van der Waals surface area (Å²) in [4.78, 5) is 40.0. The molecule has 2 N–H and O–H groups in total. The van der Waals surface area contributed by atoms with Crippen molar-refractivity contribution in [1.29, 1.82) is 0 Å². The monoisotopic (exact) mass is 525 g/mol. The summed E-state index contributed by atoms with van der Waals surface area (Å²) in [7, 11) is -11.4. The third-order valence-electron chi connectivity index (χ3n) is 4.84. The highest BCUT2D eigenvalue weighted by Crippen LogP contribution is 2.23. The molecule has 0 aromatic rings. The van der Waals surface area contributed by atoms with Gasteiger partial charge >= 0.3 is 0 Å². The predicted molar refractivity (Wildman–Crippen MR) is 121 cm³/mol. The number of hydrogen-bond donors (Lipinski definition) is 2. The topological polar surface area (TPSA) is 181 Å². The van der Waals surface area contributed by atoms with Gasteiger partial charge in [0.25, 0.3) is 0 Å². The van der Waals surface area contributed by atoms with Crippen LogP contribution in [0.4, 0.5) is 0 Å². The fraction of sp³-hybridized carbons (Fsp3) is 0.500. The number of Topliss-reactive ketones (excluding diaryl/α,β-unsaturated/α-hetero) is 2. The molecule has 12 nitrogen and oxygen atoms in total. The van der Waals surface area contributed by atoms with Crippen molar-refractivity contribution in [2.24, 2.45) is 0 Å². The first-order valence-corrected chi connectivity index (χ1v) is 14.7. The van der Waals surface area contributed by atoms with Crippen LogP contribution in [0.25, 0.3) is 0 Å². The zero-order valence-corrected chi connectivity index (χ0v) is 20.3. The lowest BCUT2D eigenvalue weighted by molar-refractivity contribution is -0.160. The maximum absolute atomic E-state index is 13.2. The van der Waals surface area contributed by atoms with E-state index in [1.165, 1.54) is 0 Å². The van der Waals surface area contributed by atoms with E-state index in [1.807, 2.05) is 0 Å². The molecule has 33 heavy (non-hydrogen) atoms. The molecule has 0 radical (unpaired) electrons. The molecule has 1 aliphatic rings. The van der Waals surface area contributed by atoms with Gasteiger partial charge in [0.2, 0.25) is 11.6 Å². The fourth-order valence-electron chi connectivity index (χ4n) is 2.95. The molecule has 1 rings (SSSR count). The van der Waals surface area contributed by atoms with Crippen LogP contribution in [0.2, 0.25) is 0 Å². The summed E-state index contributed by atoms with van der Waals surface area (Å²) in [6.07, 6.45) is -1.97. The van der Waals surface area contributed by atoms with Gasteiger partial charge in [0.05, 0.1) is 23.9 Å². The maximum Gasteiger partial charge on any atom is 0.226 e. The van der Waals surface area contributed by atoms with Crippen molar-refractivity contribution in [3.8, 4) is 0 Å². The van der Waals surface area contributed by atoms with E-state index in [-0.39, 0.29) is 13.3 Å². The number of hydrogen-bond acceptors (Lipinski definition) is 11. The Morgan fingerprint density at radius 3 is 1.55 bits per heavy atom. The van der Waals surface area contributed by atoms with E-state index >= 15 is 0 Å². The number of rotatable bonds is 14. The molecule has 0 spiro atoms. The van der Waals surface area contributed by atoms with Crippen LogP contribution in [0.15, 0.2) is 36.0 Å². The number of amides is 1. The van der Waals surface area contributed by atoms with Crippen molar-refractivity contribution < 1.29 is 39.6 Å². The van der Waals surface area contributed by atoms with E-state index < -0.39 is 89.2 Å². The van der Waals surface area contributed by atoms with Gasteiger partial charge in [0.1, 0.15) is 0 Å². The first-order chi connectivity index (χ1) is 15.2.